The number of carbonyl (C=O) groups excluding carboxylic acids is 2. The van der Waals surface area contributed by atoms with Crippen LogP contribution in [0.15, 0.2) is 65.0 Å². The molecule has 0 aromatic heterocycles. The van der Waals surface area contributed by atoms with Crippen LogP contribution in [0.5, 0.6) is 11.5 Å². The maximum absolute atomic E-state index is 13.4. The maximum atomic E-state index is 13.4. The summed E-state index contributed by atoms with van der Waals surface area (Å²) in [6.45, 7) is 1.83. The molecule has 2 aromatic carbocycles. The first kappa shape index (κ1) is 21.6. The van der Waals surface area contributed by atoms with Gasteiger partial charge in [0.25, 0.3) is 5.91 Å². The van der Waals surface area contributed by atoms with Gasteiger partial charge in [0.2, 0.25) is 0 Å². The second-order valence-electron chi connectivity index (χ2n) is 7.84. The van der Waals surface area contributed by atoms with E-state index in [1.807, 2.05) is 13.0 Å². The van der Waals surface area contributed by atoms with E-state index in [9.17, 15) is 14.0 Å². The van der Waals surface area contributed by atoms with Crippen LogP contribution < -0.4 is 20.1 Å². The monoisotopic (exact) mass is 436 g/mol. The lowest BCUT2D eigenvalue weighted by Crippen LogP contribution is -2.35. The van der Waals surface area contributed by atoms with E-state index in [2.05, 4.69) is 10.6 Å². The molecule has 32 heavy (non-hydrogen) atoms. The second-order valence-corrected chi connectivity index (χ2v) is 7.84. The lowest BCUT2D eigenvalue weighted by atomic mass is 9.75. The highest BCUT2D eigenvalue weighted by atomic mass is 19.1. The summed E-state index contributed by atoms with van der Waals surface area (Å²) in [5.74, 6) is -0.190. The molecule has 1 amide bonds. The van der Waals surface area contributed by atoms with Gasteiger partial charge < -0.3 is 20.1 Å². The molecule has 1 atom stereocenters. The van der Waals surface area contributed by atoms with Crippen molar-refractivity contribution in [3.8, 4) is 11.5 Å². The first-order valence-corrected chi connectivity index (χ1v) is 10.5. The predicted octanol–water partition coefficient (Wildman–Crippen LogP) is 4.45. The average molecular weight is 436 g/mol. The first-order valence-electron chi connectivity index (χ1n) is 10.5. The van der Waals surface area contributed by atoms with Crippen LogP contribution in [-0.2, 0) is 9.59 Å². The minimum atomic E-state index is -0.556. The molecule has 0 radical (unpaired) electrons. The standard InChI is InChI=1S/C25H25FN2O4/c1-14-22(25(30)28-17-10-8-16(26)9-11-17)23(24-18(27-14)5-4-6-19(24)29)15-7-12-20(31-2)21(13-15)32-3/h7-13,23,27H,4-6H2,1-3H3,(H,28,30)/t23-/m0/s1. The smallest absolute Gasteiger partial charge is 0.254 e. The molecule has 0 unspecified atom stereocenters. The molecule has 1 aliphatic heterocycles. The zero-order valence-electron chi connectivity index (χ0n) is 18.3. The van der Waals surface area contributed by atoms with Gasteiger partial charge in [0.1, 0.15) is 5.82 Å². The Morgan fingerprint density at radius 3 is 2.47 bits per heavy atom. The number of dihydropyridines is 1. The Kier molecular flexibility index (Phi) is 5.99. The number of halogens is 1. The number of allylic oxidation sites excluding steroid dienone is 3. The van der Waals surface area contributed by atoms with Crippen LogP contribution >= 0.6 is 0 Å². The molecular formula is C25H25FN2O4. The molecule has 0 spiro atoms. The van der Waals surface area contributed by atoms with Crippen molar-refractivity contribution in [1.82, 2.24) is 5.32 Å². The number of amides is 1. The molecule has 1 aliphatic carbocycles. The van der Waals surface area contributed by atoms with Crippen LogP contribution in [0.1, 0.15) is 37.7 Å². The number of rotatable bonds is 5. The van der Waals surface area contributed by atoms with Crippen LogP contribution in [0.4, 0.5) is 10.1 Å². The summed E-state index contributed by atoms with van der Waals surface area (Å²) >= 11 is 0. The third kappa shape index (κ3) is 3.98. The molecular weight excluding hydrogens is 411 g/mol. The molecule has 4 rings (SSSR count). The Bertz CT molecular complexity index is 1140. The van der Waals surface area contributed by atoms with E-state index >= 15 is 0 Å². The Morgan fingerprint density at radius 2 is 1.78 bits per heavy atom. The fourth-order valence-electron chi connectivity index (χ4n) is 4.38. The van der Waals surface area contributed by atoms with Crippen molar-refractivity contribution in [2.75, 3.05) is 19.5 Å². The molecule has 1 heterocycles. The summed E-state index contributed by atoms with van der Waals surface area (Å²) in [4.78, 5) is 26.4. The molecule has 0 fully saturated rings. The summed E-state index contributed by atoms with van der Waals surface area (Å²) in [7, 11) is 3.10. The van der Waals surface area contributed by atoms with Crippen molar-refractivity contribution in [2.45, 2.75) is 32.1 Å². The van der Waals surface area contributed by atoms with E-state index in [0.717, 1.165) is 24.1 Å². The number of hydrogen-bond acceptors (Lipinski definition) is 5. The number of hydrogen-bond donors (Lipinski definition) is 2. The highest BCUT2D eigenvalue weighted by molar-refractivity contribution is 6.09. The fraction of sp³-hybridized carbons (Fsp3) is 0.280. The third-order valence-corrected chi connectivity index (χ3v) is 5.86. The van der Waals surface area contributed by atoms with Crippen molar-refractivity contribution >= 4 is 17.4 Å². The molecule has 0 saturated carbocycles. The van der Waals surface area contributed by atoms with Crippen molar-refractivity contribution in [1.29, 1.82) is 0 Å². The van der Waals surface area contributed by atoms with Gasteiger partial charge in [-0.2, -0.15) is 0 Å². The van der Waals surface area contributed by atoms with Crippen LogP contribution in [0, 0.1) is 5.82 Å². The fourth-order valence-corrected chi connectivity index (χ4v) is 4.38. The van der Waals surface area contributed by atoms with E-state index in [4.69, 9.17) is 9.47 Å². The minimum absolute atomic E-state index is 0.0260. The van der Waals surface area contributed by atoms with Gasteiger partial charge in [-0.05, 0) is 61.7 Å². The summed E-state index contributed by atoms with van der Waals surface area (Å²) < 4.78 is 24.1. The number of anilines is 1. The van der Waals surface area contributed by atoms with Gasteiger partial charge in [-0.3, -0.25) is 9.59 Å². The van der Waals surface area contributed by atoms with Gasteiger partial charge in [0, 0.05) is 40.6 Å². The van der Waals surface area contributed by atoms with Crippen LogP contribution in [-0.4, -0.2) is 25.9 Å². The van der Waals surface area contributed by atoms with E-state index < -0.39 is 5.92 Å². The number of nitrogens with one attached hydrogen (secondary N) is 2. The van der Waals surface area contributed by atoms with E-state index in [-0.39, 0.29) is 17.5 Å². The zero-order valence-corrected chi connectivity index (χ0v) is 18.3. The first-order chi connectivity index (χ1) is 15.4. The summed E-state index contributed by atoms with van der Waals surface area (Å²) in [6, 6.07) is 11.0. The van der Waals surface area contributed by atoms with Gasteiger partial charge in [0.15, 0.2) is 17.3 Å². The highest BCUT2D eigenvalue weighted by Crippen LogP contribution is 2.44. The van der Waals surface area contributed by atoms with E-state index in [0.29, 0.717) is 40.5 Å². The normalized spacial score (nSPS) is 18.1. The number of Topliss-reactive ketones (excluding diaryl/α,β-unsaturated/α-hetero) is 1. The predicted molar refractivity (Wildman–Crippen MR) is 119 cm³/mol. The Morgan fingerprint density at radius 1 is 1.06 bits per heavy atom. The number of methoxy groups -OCH3 is 2. The molecule has 166 valence electrons. The Balaban J connectivity index is 1.81. The third-order valence-electron chi connectivity index (χ3n) is 5.86. The molecule has 2 aliphatic rings. The summed E-state index contributed by atoms with van der Waals surface area (Å²) in [5.41, 5.74) is 3.82. The van der Waals surface area contributed by atoms with Gasteiger partial charge in [-0.25, -0.2) is 4.39 Å². The molecule has 2 aromatic rings. The van der Waals surface area contributed by atoms with E-state index in [1.165, 1.54) is 24.3 Å². The van der Waals surface area contributed by atoms with Crippen molar-refractivity contribution in [3.63, 3.8) is 0 Å². The van der Waals surface area contributed by atoms with E-state index in [1.54, 1.807) is 26.4 Å². The molecule has 2 N–H and O–H groups in total. The zero-order chi connectivity index (χ0) is 22.8. The average Bonchev–Trinajstić information content (AvgIpc) is 2.79. The van der Waals surface area contributed by atoms with Gasteiger partial charge >= 0.3 is 0 Å². The molecule has 0 bridgehead atoms. The molecule has 7 heteroatoms. The number of ketones is 1. The Labute approximate surface area is 186 Å². The van der Waals surface area contributed by atoms with Crippen LogP contribution in [0.2, 0.25) is 0 Å². The van der Waals surface area contributed by atoms with Crippen molar-refractivity contribution < 1.29 is 23.5 Å². The van der Waals surface area contributed by atoms with Gasteiger partial charge in [-0.15, -0.1) is 0 Å². The van der Waals surface area contributed by atoms with Gasteiger partial charge in [-0.1, -0.05) is 6.07 Å². The molecule has 0 saturated heterocycles. The lowest BCUT2D eigenvalue weighted by molar-refractivity contribution is -0.116. The minimum Gasteiger partial charge on any atom is -0.493 e. The quantitative estimate of drug-likeness (QED) is 0.724. The van der Waals surface area contributed by atoms with Gasteiger partial charge in [0.05, 0.1) is 14.2 Å². The summed E-state index contributed by atoms with van der Waals surface area (Å²) in [5, 5.41) is 6.12. The van der Waals surface area contributed by atoms with Crippen LogP contribution in [0.3, 0.4) is 0 Å². The number of carbonyl (C=O) groups is 2. The number of benzene rings is 2. The topological polar surface area (TPSA) is 76.7 Å². The Hall–Kier alpha value is -3.61. The van der Waals surface area contributed by atoms with Crippen LogP contribution in [0.25, 0.3) is 0 Å². The lowest BCUT2D eigenvalue weighted by Gasteiger charge is -2.34. The second kappa shape index (κ2) is 8.86. The largest absolute Gasteiger partial charge is 0.493 e. The highest BCUT2D eigenvalue weighted by Gasteiger charge is 2.38. The summed E-state index contributed by atoms with van der Waals surface area (Å²) in [6.07, 6.45) is 1.96. The number of ether oxygens (including phenoxy) is 2. The molecule has 6 nitrogen and oxygen atoms in total. The van der Waals surface area contributed by atoms with Crippen molar-refractivity contribution in [3.05, 3.63) is 76.4 Å². The maximum Gasteiger partial charge on any atom is 0.254 e. The van der Waals surface area contributed by atoms with Crippen molar-refractivity contribution in [2.24, 2.45) is 0 Å². The SMILES string of the molecule is COc1ccc([C@H]2C(C(=O)Nc3ccc(F)cc3)=C(C)NC3=C2C(=O)CCC3)cc1OC.